The fourth-order valence-electron chi connectivity index (χ4n) is 3.30. The molecule has 0 amide bonds. The number of rotatable bonds is 7. The first-order chi connectivity index (χ1) is 13.5. The Labute approximate surface area is 187 Å². The molecular formula is C20H30F3IN4O. The van der Waals surface area contributed by atoms with Crippen molar-refractivity contribution in [3.63, 3.8) is 0 Å². The number of morpholine rings is 1. The second kappa shape index (κ2) is 11.4. The lowest BCUT2D eigenvalue weighted by Crippen LogP contribution is -2.42. The van der Waals surface area contributed by atoms with Crippen molar-refractivity contribution < 1.29 is 17.9 Å². The predicted octanol–water partition coefficient (Wildman–Crippen LogP) is 3.66. The van der Waals surface area contributed by atoms with E-state index in [0.717, 1.165) is 55.8 Å². The highest BCUT2D eigenvalue weighted by Crippen LogP contribution is 2.31. The summed E-state index contributed by atoms with van der Waals surface area (Å²) in [5.74, 6) is 1.49. The molecule has 29 heavy (non-hydrogen) atoms. The van der Waals surface area contributed by atoms with E-state index in [0.29, 0.717) is 19.8 Å². The first-order valence-electron chi connectivity index (χ1n) is 9.98. The van der Waals surface area contributed by atoms with Crippen LogP contribution in [-0.2, 0) is 10.9 Å². The number of ether oxygens (including phenoxy) is 1. The zero-order chi connectivity index (χ0) is 20.0. The van der Waals surface area contributed by atoms with E-state index in [1.165, 1.54) is 12.8 Å². The quantitative estimate of drug-likeness (QED) is 0.324. The molecule has 1 heterocycles. The molecule has 0 spiro atoms. The number of nitrogens with zero attached hydrogens (tertiary/aromatic N) is 2. The zero-order valence-corrected chi connectivity index (χ0v) is 19.0. The van der Waals surface area contributed by atoms with E-state index in [-0.39, 0.29) is 30.0 Å². The molecule has 2 aliphatic rings. The van der Waals surface area contributed by atoms with Crippen molar-refractivity contribution in [2.24, 2.45) is 10.9 Å². The summed E-state index contributed by atoms with van der Waals surface area (Å²) in [6.45, 7) is 6.91. The molecule has 1 unspecified atom stereocenters. The third kappa shape index (κ3) is 7.60. The van der Waals surface area contributed by atoms with Gasteiger partial charge in [0.1, 0.15) is 0 Å². The van der Waals surface area contributed by atoms with Crippen LogP contribution in [-0.4, -0.2) is 56.8 Å². The Morgan fingerprint density at radius 3 is 2.38 bits per heavy atom. The Morgan fingerprint density at radius 2 is 1.83 bits per heavy atom. The van der Waals surface area contributed by atoms with Crippen molar-refractivity contribution in [2.45, 2.75) is 32.0 Å². The van der Waals surface area contributed by atoms with Crippen LogP contribution >= 0.6 is 24.0 Å². The average molecular weight is 526 g/mol. The summed E-state index contributed by atoms with van der Waals surface area (Å²) in [6, 6.07) is 5.38. The van der Waals surface area contributed by atoms with Crippen molar-refractivity contribution in [3.8, 4) is 0 Å². The highest BCUT2D eigenvalue weighted by Gasteiger charge is 2.31. The van der Waals surface area contributed by atoms with Gasteiger partial charge in [-0.05, 0) is 43.4 Å². The van der Waals surface area contributed by atoms with Gasteiger partial charge in [0.05, 0.1) is 31.4 Å². The van der Waals surface area contributed by atoms with Gasteiger partial charge in [0.25, 0.3) is 0 Å². The predicted molar refractivity (Wildman–Crippen MR) is 119 cm³/mol. The maximum Gasteiger partial charge on any atom is 0.416 e. The standard InChI is InChI=1S/C20H29F3N4O.HI/c1-2-24-19(25-13-15-3-4-15)26-14-18(27-9-11-28-12-10-27)16-5-7-17(8-6-16)20(21,22)23;/h5-8,15,18H,2-4,9-14H2,1H3,(H2,24,25,26);1H. The zero-order valence-electron chi connectivity index (χ0n) is 16.7. The number of guanidine groups is 1. The Morgan fingerprint density at radius 1 is 1.17 bits per heavy atom. The van der Waals surface area contributed by atoms with E-state index in [4.69, 9.17) is 9.73 Å². The number of halogens is 4. The summed E-state index contributed by atoms with van der Waals surface area (Å²) in [7, 11) is 0. The van der Waals surface area contributed by atoms with Gasteiger partial charge in [-0.1, -0.05) is 12.1 Å². The number of benzene rings is 1. The third-order valence-electron chi connectivity index (χ3n) is 5.13. The van der Waals surface area contributed by atoms with Crippen LogP contribution in [0.3, 0.4) is 0 Å². The molecule has 1 saturated carbocycles. The molecule has 0 aromatic heterocycles. The van der Waals surface area contributed by atoms with E-state index < -0.39 is 11.7 Å². The average Bonchev–Trinajstić information content (AvgIpc) is 3.51. The van der Waals surface area contributed by atoms with Crippen molar-refractivity contribution >= 4 is 29.9 Å². The lowest BCUT2D eigenvalue weighted by Gasteiger charge is -2.34. The van der Waals surface area contributed by atoms with E-state index in [1.54, 1.807) is 12.1 Å². The van der Waals surface area contributed by atoms with E-state index in [2.05, 4.69) is 15.5 Å². The van der Waals surface area contributed by atoms with Gasteiger partial charge in [0.2, 0.25) is 0 Å². The second-order valence-corrected chi connectivity index (χ2v) is 7.33. The van der Waals surface area contributed by atoms with Crippen LogP contribution in [0.5, 0.6) is 0 Å². The fraction of sp³-hybridized carbons (Fsp3) is 0.650. The molecule has 1 aromatic rings. The number of nitrogens with one attached hydrogen (secondary N) is 2. The van der Waals surface area contributed by atoms with Crippen molar-refractivity contribution in [1.29, 1.82) is 0 Å². The van der Waals surface area contributed by atoms with Gasteiger partial charge in [-0.3, -0.25) is 9.89 Å². The molecule has 1 aliphatic heterocycles. The summed E-state index contributed by atoms with van der Waals surface area (Å²) in [5, 5.41) is 6.62. The van der Waals surface area contributed by atoms with Gasteiger partial charge < -0.3 is 15.4 Å². The largest absolute Gasteiger partial charge is 0.416 e. The van der Waals surface area contributed by atoms with Gasteiger partial charge in [-0.15, -0.1) is 24.0 Å². The molecule has 1 atom stereocenters. The van der Waals surface area contributed by atoms with E-state index >= 15 is 0 Å². The minimum absolute atomic E-state index is 0. The van der Waals surface area contributed by atoms with Gasteiger partial charge >= 0.3 is 6.18 Å². The molecule has 1 saturated heterocycles. The maximum atomic E-state index is 12.9. The number of hydrogen-bond donors (Lipinski definition) is 2. The van der Waals surface area contributed by atoms with Crippen LogP contribution in [0.25, 0.3) is 0 Å². The lowest BCUT2D eigenvalue weighted by molar-refractivity contribution is -0.137. The lowest BCUT2D eigenvalue weighted by atomic mass is 10.0. The molecule has 0 bridgehead atoms. The topological polar surface area (TPSA) is 48.9 Å². The molecule has 1 aliphatic carbocycles. The fourth-order valence-corrected chi connectivity index (χ4v) is 3.30. The third-order valence-corrected chi connectivity index (χ3v) is 5.13. The smallest absolute Gasteiger partial charge is 0.379 e. The first-order valence-corrected chi connectivity index (χ1v) is 9.98. The summed E-state index contributed by atoms with van der Waals surface area (Å²) in [5.41, 5.74) is 0.219. The van der Waals surface area contributed by atoms with Gasteiger partial charge in [-0.2, -0.15) is 13.2 Å². The normalized spacial score (nSPS) is 19.4. The number of alkyl halides is 3. The van der Waals surface area contributed by atoms with E-state index in [9.17, 15) is 13.2 Å². The van der Waals surface area contributed by atoms with Crippen LogP contribution < -0.4 is 10.6 Å². The number of aliphatic imine (C=N–C) groups is 1. The summed E-state index contributed by atoms with van der Waals surface area (Å²) in [6.07, 6.45) is -1.81. The molecule has 164 valence electrons. The van der Waals surface area contributed by atoms with Crippen LogP contribution in [0.2, 0.25) is 0 Å². The molecular weight excluding hydrogens is 496 g/mol. The molecule has 2 fully saturated rings. The van der Waals surface area contributed by atoms with Gasteiger partial charge in [-0.25, -0.2) is 0 Å². The van der Waals surface area contributed by atoms with Crippen LogP contribution in [0.4, 0.5) is 13.2 Å². The van der Waals surface area contributed by atoms with Crippen LogP contribution in [0, 0.1) is 5.92 Å². The van der Waals surface area contributed by atoms with Crippen molar-refractivity contribution in [2.75, 3.05) is 45.9 Å². The second-order valence-electron chi connectivity index (χ2n) is 7.33. The molecule has 5 nitrogen and oxygen atoms in total. The highest BCUT2D eigenvalue weighted by molar-refractivity contribution is 14.0. The maximum absolute atomic E-state index is 12.9. The summed E-state index contributed by atoms with van der Waals surface area (Å²) >= 11 is 0. The molecule has 1 aromatic carbocycles. The van der Waals surface area contributed by atoms with Crippen molar-refractivity contribution in [3.05, 3.63) is 35.4 Å². The minimum atomic E-state index is -4.32. The summed E-state index contributed by atoms with van der Waals surface area (Å²) < 4.78 is 44.1. The first kappa shape index (κ1) is 24.2. The number of hydrogen-bond acceptors (Lipinski definition) is 3. The Bertz CT molecular complexity index is 644. The van der Waals surface area contributed by atoms with Crippen molar-refractivity contribution in [1.82, 2.24) is 15.5 Å². The van der Waals surface area contributed by atoms with Gasteiger partial charge in [0, 0.05) is 26.2 Å². The highest BCUT2D eigenvalue weighted by atomic mass is 127. The molecule has 2 N–H and O–H groups in total. The minimum Gasteiger partial charge on any atom is -0.379 e. The van der Waals surface area contributed by atoms with Gasteiger partial charge in [0.15, 0.2) is 5.96 Å². The Kier molecular flexibility index (Phi) is 9.48. The molecule has 3 rings (SSSR count). The van der Waals surface area contributed by atoms with Crippen LogP contribution in [0.15, 0.2) is 29.3 Å². The Hall–Kier alpha value is -1.07. The summed E-state index contributed by atoms with van der Waals surface area (Å²) in [4.78, 5) is 6.96. The van der Waals surface area contributed by atoms with E-state index in [1.807, 2.05) is 6.92 Å². The van der Waals surface area contributed by atoms with Crippen LogP contribution in [0.1, 0.15) is 36.9 Å². The Balaban J connectivity index is 0.00000300. The molecule has 9 heteroatoms. The monoisotopic (exact) mass is 526 g/mol. The molecule has 0 radical (unpaired) electrons. The SMILES string of the molecule is CCNC(=NCC(c1ccc(C(F)(F)F)cc1)N1CCOCC1)NCC1CC1.I.